The molecule has 0 bridgehead atoms. The Balaban J connectivity index is 2.41. The molecule has 1 aromatic carbocycles. The Morgan fingerprint density at radius 3 is 2.00 bits per heavy atom. The first-order chi connectivity index (χ1) is 8.50. The van der Waals surface area contributed by atoms with Crippen LogP contribution in [0, 0.1) is 13.8 Å². The van der Waals surface area contributed by atoms with Crippen LogP contribution < -0.4 is 4.68 Å². The van der Waals surface area contributed by atoms with E-state index in [1.54, 1.807) is 18.2 Å². The highest BCUT2D eigenvalue weighted by atomic mass is 32.2. The van der Waals surface area contributed by atoms with E-state index in [0.717, 1.165) is 11.4 Å². The summed E-state index contributed by atoms with van der Waals surface area (Å²) in [6.45, 7) is 3.63. The maximum absolute atomic E-state index is 12.1. The van der Waals surface area contributed by atoms with Crippen LogP contribution in [0.3, 0.4) is 0 Å². The molecule has 2 rings (SSSR count). The molecule has 2 aromatic rings. The molecule has 0 saturated carbocycles. The van der Waals surface area contributed by atoms with Gasteiger partial charge in [0.2, 0.25) is 0 Å². The Hall–Kier alpha value is -1.88. The second kappa shape index (κ2) is 4.78. The van der Waals surface area contributed by atoms with Gasteiger partial charge in [-0.05, 0) is 18.2 Å². The molecule has 0 unspecified atom stereocenters. The molecule has 1 heterocycles. The lowest BCUT2D eigenvalue weighted by Crippen LogP contribution is -2.38. The van der Waals surface area contributed by atoms with Crippen LogP contribution in [0.5, 0.6) is 0 Å². The monoisotopic (exact) mass is 262 g/mol. The highest BCUT2D eigenvalue weighted by molar-refractivity contribution is 7.93. The third-order valence-corrected chi connectivity index (χ3v) is 3.82. The van der Waals surface area contributed by atoms with E-state index in [2.05, 4.69) is 4.83 Å². The summed E-state index contributed by atoms with van der Waals surface area (Å²) >= 11 is 0. The molecule has 0 aliphatic carbocycles. The molecule has 0 N–H and O–H groups in total. The van der Waals surface area contributed by atoms with Crippen molar-refractivity contribution in [2.45, 2.75) is 18.7 Å². The standard InChI is InChI=1S/C13H14N2O2S/c1-11-7-6-8-12(2)15(11)14-18(16,17)13-9-4-3-5-10-13/h3-10H,1-2H3. The smallest absolute Gasteiger partial charge is 0.174 e. The third kappa shape index (κ3) is 2.51. The van der Waals surface area contributed by atoms with Gasteiger partial charge in [-0.1, -0.05) is 18.2 Å². The zero-order chi connectivity index (χ0) is 13.2. The molecule has 0 fully saturated rings. The number of aromatic nitrogens is 1. The molecule has 0 atom stereocenters. The van der Waals surface area contributed by atoms with Gasteiger partial charge in [0.1, 0.15) is 0 Å². The van der Waals surface area contributed by atoms with E-state index in [0.29, 0.717) is 0 Å². The van der Waals surface area contributed by atoms with E-state index >= 15 is 0 Å². The van der Waals surface area contributed by atoms with Crippen molar-refractivity contribution in [2.75, 3.05) is 0 Å². The molecule has 0 aliphatic rings. The number of benzene rings is 1. The minimum Gasteiger partial charge on any atom is -0.318 e. The molecule has 4 nitrogen and oxygen atoms in total. The minimum atomic E-state index is -3.67. The van der Waals surface area contributed by atoms with Crippen LogP contribution in [-0.4, -0.2) is 8.42 Å². The molecule has 0 saturated heterocycles. The Labute approximate surface area is 107 Å². The zero-order valence-corrected chi connectivity index (χ0v) is 11.1. The Kier molecular flexibility index (Phi) is 3.34. The molecule has 18 heavy (non-hydrogen) atoms. The highest BCUT2D eigenvalue weighted by Crippen LogP contribution is 2.14. The van der Waals surface area contributed by atoms with E-state index in [-0.39, 0.29) is 4.90 Å². The molecule has 5 heteroatoms. The van der Waals surface area contributed by atoms with Crippen molar-refractivity contribution in [3.63, 3.8) is 0 Å². The first kappa shape index (κ1) is 12.6. The largest absolute Gasteiger partial charge is 0.318 e. The van der Waals surface area contributed by atoms with Gasteiger partial charge in [-0.15, -0.1) is 0 Å². The normalized spacial score (nSPS) is 11.2. The van der Waals surface area contributed by atoms with E-state index < -0.39 is 10.0 Å². The van der Waals surface area contributed by atoms with Crippen LogP contribution in [0.2, 0.25) is 0 Å². The average molecular weight is 262 g/mol. The summed E-state index contributed by atoms with van der Waals surface area (Å²) in [6, 6.07) is 13.7. The van der Waals surface area contributed by atoms with E-state index in [1.807, 2.05) is 32.0 Å². The molecular weight excluding hydrogens is 248 g/mol. The van der Waals surface area contributed by atoms with Gasteiger partial charge in [0.15, 0.2) is 21.4 Å². The third-order valence-electron chi connectivity index (χ3n) is 2.57. The van der Waals surface area contributed by atoms with Crippen LogP contribution >= 0.6 is 0 Å². The van der Waals surface area contributed by atoms with Gasteiger partial charge >= 0.3 is 0 Å². The Morgan fingerprint density at radius 2 is 1.44 bits per heavy atom. The van der Waals surface area contributed by atoms with Crippen LogP contribution in [0.15, 0.2) is 53.4 Å². The number of rotatable bonds is 3. The minimum absolute atomic E-state index is 0.195. The quantitative estimate of drug-likeness (QED) is 0.795. The lowest BCUT2D eigenvalue weighted by molar-refractivity contribution is -0.627. The van der Waals surface area contributed by atoms with Crippen molar-refractivity contribution < 1.29 is 13.1 Å². The van der Waals surface area contributed by atoms with Crippen LogP contribution in [0.1, 0.15) is 11.4 Å². The summed E-state index contributed by atoms with van der Waals surface area (Å²) in [5.41, 5.74) is 1.55. The summed E-state index contributed by atoms with van der Waals surface area (Å²) in [5.74, 6) is 0. The van der Waals surface area contributed by atoms with Crippen molar-refractivity contribution in [1.29, 1.82) is 0 Å². The molecule has 0 amide bonds. The van der Waals surface area contributed by atoms with Gasteiger partial charge < -0.3 is 4.83 Å². The van der Waals surface area contributed by atoms with Crippen LogP contribution in [0.25, 0.3) is 4.83 Å². The summed E-state index contributed by atoms with van der Waals surface area (Å²) in [4.78, 5) is 4.04. The topological polar surface area (TPSA) is 52.1 Å². The van der Waals surface area contributed by atoms with Crippen molar-refractivity contribution >= 4 is 10.0 Å². The van der Waals surface area contributed by atoms with Crippen LogP contribution in [0.4, 0.5) is 0 Å². The molecule has 94 valence electrons. The number of pyridine rings is 1. The highest BCUT2D eigenvalue weighted by Gasteiger charge is 2.11. The predicted molar refractivity (Wildman–Crippen MR) is 68.5 cm³/mol. The number of sulfonamides is 1. The molecule has 0 radical (unpaired) electrons. The van der Waals surface area contributed by atoms with Gasteiger partial charge in [-0.25, -0.2) is 13.1 Å². The van der Waals surface area contributed by atoms with Crippen molar-refractivity contribution in [3.05, 3.63) is 64.7 Å². The fourth-order valence-electron chi connectivity index (χ4n) is 1.62. The van der Waals surface area contributed by atoms with Gasteiger partial charge in [-0.3, -0.25) is 0 Å². The maximum Gasteiger partial charge on any atom is 0.174 e. The zero-order valence-electron chi connectivity index (χ0n) is 10.2. The van der Waals surface area contributed by atoms with Crippen molar-refractivity contribution in [1.82, 2.24) is 0 Å². The summed E-state index contributed by atoms with van der Waals surface area (Å²) in [7, 11) is -3.67. The number of aryl methyl sites for hydroxylation is 2. The number of hydrogen-bond acceptors (Lipinski definition) is 2. The lowest BCUT2D eigenvalue weighted by atomic mass is 10.3. The SMILES string of the molecule is Cc1cccc(C)[n+]1[N-]S(=O)(=O)c1ccccc1. The second-order valence-electron chi connectivity index (χ2n) is 3.99. The molecule has 1 aromatic heterocycles. The number of nitrogens with zero attached hydrogens (tertiary/aromatic N) is 2. The molecule has 0 aliphatic heterocycles. The summed E-state index contributed by atoms with van der Waals surface area (Å²) < 4.78 is 25.7. The predicted octanol–water partition coefficient (Wildman–Crippen LogP) is 2.12. The summed E-state index contributed by atoms with van der Waals surface area (Å²) in [5, 5.41) is 0. The van der Waals surface area contributed by atoms with Gasteiger partial charge in [0.05, 0.1) is 4.90 Å². The molecular formula is C13H14N2O2S. The fraction of sp³-hybridized carbons (Fsp3) is 0.154. The van der Waals surface area contributed by atoms with Crippen LogP contribution in [-0.2, 0) is 10.0 Å². The first-order valence-corrected chi connectivity index (χ1v) is 6.96. The van der Waals surface area contributed by atoms with Crippen molar-refractivity contribution in [3.8, 4) is 0 Å². The Morgan fingerprint density at radius 1 is 0.889 bits per heavy atom. The van der Waals surface area contributed by atoms with E-state index in [4.69, 9.17) is 0 Å². The Bertz CT molecular complexity index is 632. The van der Waals surface area contributed by atoms with Crippen molar-refractivity contribution in [2.24, 2.45) is 0 Å². The lowest BCUT2D eigenvalue weighted by Gasteiger charge is -2.17. The first-order valence-electron chi connectivity index (χ1n) is 5.52. The average Bonchev–Trinajstić information content (AvgIpc) is 2.35. The maximum atomic E-state index is 12.1. The van der Waals surface area contributed by atoms with E-state index in [1.165, 1.54) is 16.8 Å². The van der Waals surface area contributed by atoms with Gasteiger partial charge in [0.25, 0.3) is 0 Å². The second-order valence-corrected chi connectivity index (χ2v) is 5.57. The summed E-state index contributed by atoms with van der Waals surface area (Å²) in [6.07, 6.45) is 0. The number of hydrogen-bond donors (Lipinski definition) is 0. The van der Waals surface area contributed by atoms with Gasteiger partial charge in [0, 0.05) is 26.0 Å². The van der Waals surface area contributed by atoms with Gasteiger partial charge in [-0.2, -0.15) is 0 Å². The molecule has 0 spiro atoms. The van der Waals surface area contributed by atoms with E-state index in [9.17, 15) is 8.42 Å². The fourth-order valence-corrected chi connectivity index (χ4v) is 2.69.